The van der Waals surface area contributed by atoms with Crippen LogP contribution in [0.3, 0.4) is 0 Å². The van der Waals surface area contributed by atoms with Crippen LogP contribution in [0, 0.1) is 0 Å². The summed E-state index contributed by atoms with van der Waals surface area (Å²) in [7, 11) is 13.2. The third-order valence-corrected chi connectivity index (χ3v) is 3.48. The van der Waals surface area contributed by atoms with Gasteiger partial charge in [-0.1, -0.05) is 0 Å². The molecule has 1 aliphatic heterocycles. The molecule has 0 unspecified atom stereocenters. The highest BCUT2D eigenvalue weighted by Gasteiger charge is 2.16. The highest BCUT2D eigenvalue weighted by Crippen LogP contribution is 2.25. The molecule has 0 bridgehead atoms. The maximum atomic E-state index is 5.64. The number of hydrogen-bond donors (Lipinski definition) is 0. The highest BCUT2D eigenvalue weighted by molar-refractivity contribution is 8.21. The van der Waals surface area contributed by atoms with Crippen LogP contribution in [0.5, 0.6) is 0 Å². The van der Waals surface area contributed by atoms with E-state index < -0.39 is 0 Å². The van der Waals surface area contributed by atoms with E-state index in [4.69, 9.17) is 26.1 Å². The maximum Gasteiger partial charge on any atom is 0.230 e. The zero-order valence-corrected chi connectivity index (χ0v) is 11.2. The lowest BCUT2D eigenvalue weighted by Gasteiger charge is -2.26. The second-order valence-corrected chi connectivity index (χ2v) is 4.92. The van der Waals surface area contributed by atoms with Crippen LogP contribution in [0.1, 0.15) is 0 Å². The van der Waals surface area contributed by atoms with Crippen molar-refractivity contribution >= 4 is 49.3 Å². The van der Waals surface area contributed by atoms with Crippen molar-refractivity contribution in [1.29, 1.82) is 0 Å². The molecule has 0 aromatic carbocycles. The van der Waals surface area contributed by atoms with Crippen molar-refractivity contribution in [2.45, 2.75) is 10.3 Å². The molecule has 88 valence electrons. The van der Waals surface area contributed by atoms with Crippen molar-refractivity contribution in [3.63, 3.8) is 0 Å². The van der Waals surface area contributed by atoms with Crippen molar-refractivity contribution in [3.8, 4) is 0 Å². The molecule has 0 atom stereocenters. The van der Waals surface area contributed by atoms with Gasteiger partial charge in [-0.2, -0.15) is 15.0 Å². The van der Waals surface area contributed by atoms with E-state index in [0.717, 1.165) is 35.0 Å². The van der Waals surface area contributed by atoms with Gasteiger partial charge >= 0.3 is 0 Å². The van der Waals surface area contributed by atoms with Gasteiger partial charge in [-0.15, -0.1) is 0 Å². The molecular formula is C7H8Cl2N4OS2. The lowest BCUT2D eigenvalue weighted by molar-refractivity contribution is 0.122. The summed E-state index contributed by atoms with van der Waals surface area (Å²) in [6.45, 7) is 2.89. The van der Waals surface area contributed by atoms with Crippen LogP contribution >= 0.6 is 43.3 Å². The van der Waals surface area contributed by atoms with Crippen molar-refractivity contribution < 1.29 is 4.74 Å². The quantitative estimate of drug-likeness (QED) is 0.848. The Morgan fingerprint density at radius 1 is 1.00 bits per heavy atom. The van der Waals surface area contributed by atoms with E-state index >= 15 is 0 Å². The molecule has 1 aliphatic rings. The molecule has 0 radical (unpaired) electrons. The second-order valence-electron chi connectivity index (χ2n) is 2.95. The summed E-state index contributed by atoms with van der Waals surface area (Å²) in [6.07, 6.45) is 0. The number of hydrogen-bond acceptors (Lipinski definition) is 7. The Bertz CT molecular complexity index is 342. The van der Waals surface area contributed by atoms with E-state index in [-0.39, 0.29) is 0 Å². The fourth-order valence-electron chi connectivity index (χ4n) is 1.30. The van der Waals surface area contributed by atoms with E-state index in [1.54, 1.807) is 0 Å². The van der Waals surface area contributed by atoms with E-state index in [2.05, 4.69) is 15.0 Å². The summed E-state index contributed by atoms with van der Waals surface area (Å²) >= 11 is 0. The number of morpholine rings is 1. The molecule has 0 N–H and O–H groups in total. The zero-order chi connectivity index (χ0) is 11.4. The summed E-state index contributed by atoms with van der Waals surface area (Å²) in [6, 6.07) is 0. The molecule has 1 fully saturated rings. The molecule has 1 saturated heterocycles. The molecular weight excluding hydrogens is 291 g/mol. The highest BCUT2D eigenvalue weighted by atomic mass is 35.7. The standard InChI is InChI=1S/C7H8Cl2N4OS2/c8-15-6-10-5(11-7(12-6)16-9)13-1-3-14-4-2-13/h1-4H2. The largest absolute Gasteiger partial charge is 0.378 e. The molecule has 0 saturated carbocycles. The van der Waals surface area contributed by atoms with Gasteiger partial charge in [-0.3, -0.25) is 0 Å². The smallest absolute Gasteiger partial charge is 0.230 e. The monoisotopic (exact) mass is 298 g/mol. The fraction of sp³-hybridized carbons (Fsp3) is 0.571. The average Bonchev–Trinajstić information content (AvgIpc) is 2.39. The first-order valence-electron chi connectivity index (χ1n) is 4.49. The first-order valence-corrected chi connectivity index (χ1v) is 7.78. The fourth-order valence-corrected chi connectivity index (χ4v) is 2.25. The number of anilines is 1. The topological polar surface area (TPSA) is 51.1 Å². The lowest BCUT2D eigenvalue weighted by atomic mass is 10.4. The predicted octanol–water partition coefficient (Wildman–Crippen LogP) is 2.20. The van der Waals surface area contributed by atoms with E-state index in [9.17, 15) is 0 Å². The van der Waals surface area contributed by atoms with E-state index in [1.165, 1.54) is 0 Å². The van der Waals surface area contributed by atoms with Crippen LogP contribution in [0.4, 0.5) is 5.95 Å². The number of halogens is 2. The molecule has 0 aliphatic carbocycles. The summed E-state index contributed by atoms with van der Waals surface area (Å²) in [4.78, 5) is 14.5. The van der Waals surface area contributed by atoms with E-state index in [1.807, 2.05) is 4.90 Å². The number of ether oxygens (including phenoxy) is 1. The Morgan fingerprint density at radius 3 is 2.06 bits per heavy atom. The van der Waals surface area contributed by atoms with Crippen LogP contribution < -0.4 is 4.90 Å². The minimum atomic E-state index is 0.460. The predicted molar refractivity (Wildman–Crippen MR) is 66.3 cm³/mol. The molecule has 1 aromatic rings. The van der Waals surface area contributed by atoms with Gasteiger partial charge in [0.15, 0.2) is 0 Å². The summed E-state index contributed by atoms with van der Waals surface area (Å²) < 4.78 is 5.26. The summed E-state index contributed by atoms with van der Waals surface area (Å²) in [5.41, 5.74) is 0. The summed E-state index contributed by atoms with van der Waals surface area (Å²) in [5.74, 6) is 0.601. The van der Waals surface area contributed by atoms with Gasteiger partial charge in [0.25, 0.3) is 0 Å². The van der Waals surface area contributed by atoms with Crippen LogP contribution in [-0.4, -0.2) is 41.3 Å². The van der Waals surface area contributed by atoms with Crippen LogP contribution in [-0.2, 0) is 4.74 Å². The van der Waals surface area contributed by atoms with Gasteiger partial charge < -0.3 is 9.64 Å². The maximum absolute atomic E-state index is 5.64. The van der Waals surface area contributed by atoms with Crippen molar-refractivity contribution in [3.05, 3.63) is 0 Å². The Balaban J connectivity index is 2.24. The Kier molecular flexibility index (Phi) is 4.78. The van der Waals surface area contributed by atoms with Gasteiger partial charge in [0.1, 0.15) is 0 Å². The van der Waals surface area contributed by atoms with Gasteiger partial charge in [0, 0.05) is 35.0 Å². The second kappa shape index (κ2) is 6.11. The van der Waals surface area contributed by atoms with Crippen molar-refractivity contribution in [2.24, 2.45) is 0 Å². The third-order valence-electron chi connectivity index (χ3n) is 2.01. The SMILES string of the molecule is ClSc1nc(SCl)nc(N2CCOCC2)n1. The first-order chi connectivity index (χ1) is 7.83. The molecule has 2 rings (SSSR count). The number of aromatic nitrogens is 3. The van der Waals surface area contributed by atoms with Gasteiger partial charge in [0.05, 0.1) is 13.2 Å². The molecule has 16 heavy (non-hydrogen) atoms. The molecule has 5 nitrogen and oxygen atoms in total. The minimum absolute atomic E-state index is 0.460. The first kappa shape index (κ1) is 12.5. The zero-order valence-electron chi connectivity index (χ0n) is 8.10. The molecule has 0 amide bonds. The third kappa shape index (κ3) is 3.04. The van der Waals surface area contributed by atoms with Crippen LogP contribution in [0.15, 0.2) is 10.3 Å². The lowest BCUT2D eigenvalue weighted by Crippen LogP contribution is -2.37. The average molecular weight is 299 g/mol. The molecule has 0 spiro atoms. The van der Waals surface area contributed by atoms with Crippen LogP contribution in [0.25, 0.3) is 0 Å². The molecule has 9 heteroatoms. The Labute approximate surface area is 110 Å². The van der Waals surface area contributed by atoms with E-state index in [0.29, 0.717) is 29.5 Å². The number of nitrogens with zero attached hydrogens (tertiary/aromatic N) is 4. The number of rotatable bonds is 3. The van der Waals surface area contributed by atoms with Crippen molar-refractivity contribution in [2.75, 3.05) is 31.2 Å². The molecule has 1 aromatic heterocycles. The van der Waals surface area contributed by atoms with Crippen molar-refractivity contribution in [1.82, 2.24) is 15.0 Å². The van der Waals surface area contributed by atoms with Gasteiger partial charge in [0.2, 0.25) is 16.3 Å². The van der Waals surface area contributed by atoms with Gasteiger partial charge in [-0.25, -0.2) is 0 Å². The van der Waals surface area contributed by atoms with Crippen LogP contribution in [0.2, 0.25) is 0 Å². The molecule has 2 heterocycles. The summed E-state index contributed by atoms with van der Waals surface area (Å²) in [5, 5.41) is 0.919. The Morgan fingerprint density at radius 2 is 1.56 bits per heavy atom. The Hall–Kier alpha value is 0.0500. The minimum Gasteiger partial charge on any atom is -0.378 e. The van der Waals surface area contributed by atoms with Gasteiger partial charge in [-0.05, 0) is 21.4 Å². The normalized spacial score (nSPS) is 16.5.